The van der Waals surface area contributed by atoms with Crippen molar-refractivity contribution < 1.29 is 24.6 Å². The minimum Gasteiger partial charge on any atom is -0.481 e. The molecule has 0 unspecified atom stereocenters. The van der Waals surface area contributed by atoms with Gasteiger partial charge in [0.2, 0.25) is 0 Å². The molecule has 4 rings (SSSR count). The highest BCUT2D eigenvalue weighted by molar-refractivity contribution is 5.92. The van der Waals surface area contributed by atoms with Crippen molar-refractivity contribution in [3.63, 3.8) is 0 Å². The van der Waals surface area contributed by atoms with Gasteiger partial charge in [0, 0.05) is 11.3 Å². The average molecular weight is 455 g/mol. The molecule has 0 heterocycles. The molecule has 0 bridgehead atoms. The van der Waals surface area contributed by atoms with Gasteiger partial charge in [-0.3, -0.25) is 14.4 Å². The van der Waals surface area contributed by atoms with Crippen molar-refractivity contribution in [3.05, 3.63) is 34.9 Å². The number of carbonyl (C=O) groups is 3. The number of aryl methyl sites for hydroxylation is 1. The van der Waals surface area contributed by atoms with Crippen molar-refractivity contribution in [3.8, 4) is 0 Å². The van der Waals surface area contributed by atoms with Crippen LogP contribution in [0, 0.1) is 29.1 Å². The van der Waals surface area contributed by atoms with E-state index in [1.165, 1.54) is 36.8 Å². The van der Waals surface area contributed by atoms with E-state index in [2.05, 4.69) is 26.0 Å². The van der Waals surface area contributed by atoms with E-state index in [1.807, 2.05) is 6.07 Å². The predicted octanol–water partition coefficient (Wildman–Crippen LogP) is 5.64. The average Bonchev–Trinajstić information content (AvgIpc) is 3.00. The topological polar surface area (TPSA) is 91.7 Å². The Hall–Kier alpha value is -2.17. The number of aliphatic carboxylic acids is 2. The third-order valence-corrected chi connectivity index (χ3v) is 8.98. The Labute approximate surface area is 197 Å². The second kappa shape index (κ2) is 9.60. The van der Waals surface area contributed by atoms with Crippen molar-refractivity contribution in [2.45, 2.75) is 90.4 Å². The lowest BCUT2D eigenvalue weighted by Crippen LogP contribution is -2.47. The maximum atomic E-state index is 13.5. The molecule has 33 heavy (non-hydrogen) atoms. The van der Waals surface area contributed by atoms with Crippen LogP contribution in [-0.2, 0) is 27.2 Å². The molecule has 5 heteroatoms. The Morgan fingerprint density at radius 2 is 1.91 bits per heavy atom. The number of fused-ring (bicyclic) bond motifs is 5. The lowest BCUT2D eigenvalue weighted by Gasteiger charge is -2.52. The predicted molar refractivity (Wildman–Crippen MR) is 126 cm³/mol. The Bertz CT molecular complexity index is 921. The van der Waals surface area contributed by atoms with Gasteiger partial charge in [0.05, 0.1) is 12.8 Å². The molecular formula is C28H38O5. The molecule has 0 aromatic heterocycles. The summed E-state index contributed by atoms with van der Waals surface area (Å²) in [6, 6.07) is 6.23. The smallest absolute Gasteiger partial charge is 0.307 e. The van der Waals surface area contributed by atoms with Gasteiger partial charge in [-0.15, -0.1) is 0 Å². The maximum absolute atomic E-state index is 13.5. The van der Waals surface area contributed by atoms with E-state index in [1.54, 1.807) is 0 Å². The first-order chi connectivity index (χ1) is 15.7. The molecule has 0 amide bonds. The number of carboxylic acids is 2. The summed E-state index contributed by atoms with van der Waals surface area (Å²) in [4.78, 5) is 36.1. The number of unbranched alkanes of at least 4 members (excludes halogenated alkanes) is 3. The van der Waals surface area contributed by atoms with Crippen molar-refractivity contribution in [1.29, 1.82) is 0 Å². The zero-order chi connectivity index (χ0) is 23.8. The minimum absolute atomic E-state index is 0.0430. The van der Waals surface area contributed by atoms with Gasteiger partial charge >= 0.3 is 11.9 Å². The molecule has 6 atom stereocenters. The monoisotopic (exact) mass is 454 g/mol. The standard InChI is InChI=1S/C28H38O5/c1-3-4-5-6-7-19-16-28(2)23(14-20(27(28)33)15-25(31)32)22-11-9-18-12-17(13-24(29)30)8-10-21(18)26(19)22/h8,10,12,19-20,22-23,26H,3-7,9,11,13-16H2,1-2H3,(H,29,30)(H,31,32)/t19-,20-,22-,23-,26+,28-/m0/s1. The maximum Gasteiger partial charge on any atom is 0.307 e. The molecule has 180 valence electrons. The highest BCUT2D eigenvalue weighted by Crippen LogP contribution is 2.63. The molecule has 3 aliphatic rings. The Morgan fingerprint density at radius 1 is 1.12 bits per heavy atom. The second-order valence-electron chi connectivity index (χ2n) is 11.1. The highest BCUT2D eigenvalue weighted by atomic mass is 16.4. The fraction of sp³-hybridized carbons (Fsp3) is 0.679. The van der Waals surface area contributed by atoms with Gasteiger partial charge in [-0.1, -0.05) is 57.7 Å². The van der Waals surface area contributed by atoms with Gasteiger partial charge in [-0.2, -0.15) is 0 Å². The summed E-state index contributed by atoms with van der Waals surface area (Å²) < 4.78 is 0. The fourth-order valence-electron chi connectivity index (χ4n) is 7.67. The van der Waals surface area contributed by atoms with Crippen LogP contribution in [0.4, 0.5) is 0 Å². The van der Waals surface area contributed by atoms with Crippen LogP contribution in [0.15, 0.2) is 18.2 Å². The van der Waals surface area contributed by atoms with E-state index in [0.717, 1.165) is 31.2 Å². The molecule has 2 fully saturated rings. The highest BCUT2D eigenvalue weighted by Gasteiger charge is 2.60. The summed E-state index contributed by atoms with van der Waals surface area (Å²) >= 11 is 0. The number of ketones is 1. The molecule has 2 saturated carbocycles. The van der Waals surface area contributed by atoms with E-state index in [0.29, 0.717) is 24.2 Å². The third-order valence-electron chi connectivity index (χ3n) is 8.98. The van der Waals surface area contributed by atoms with Gasteiger partial charge in [-0.25, -0.2) is 0 Å². The van der Waals surface area contributed by atoms with E-state index >= 15 is 0 Å². The van der Waals surface area contributed by atoms with Crippen LogP contribution in [-0.4, -0.2) is 27.9 Å². The number of carbonyl (C=O) groups excluding carboxylic acids is 1. The first-order valence-corrected chi connectivity index (χ1v) is 12.8. The van der Waals surface area contributed by atoms with E-state index in [4.69, 9.17) is 0 Å². The van der Waals surface area contributed by atoms with Crippen LogP contribution in [0.25, 0.3) is 0 Å². The van der Waals surface area contributed by atoms with Crippen LogP contribution in [0.2, 0.25) is 0 Å². The van der Waals surface area contributed by atoms with Gasteiger partial charge in [-0.05, 0) is 72.5 Å². The Balaban J connectivity index is 1.66. The third kappa shape index (κ3) is 4.61. The van der Waals surface area contributed by atoms with E-state index in [-0.39, 0.29) is 30.5 Å². The summed E-state index contributed by atoms with van der Waals surface area (Å²) in [7, 11) is 0. The molecule has 1 aromatic rings. The lowest BCUT2D eigenvalue weighted by atomic mass is 9.51. The number of hydrogen-bond acceptors (Lipinski definition) is 3. The van der Waals surface area contributed by atoms with Crippen molar-refractivity contribution >= 4 is 17.7 Å². The van der Waals surface area contributed by atoms with Crippen LogP contribution < -0.4 is 0 Å². The van der Waals surface area contributed by atoms with Crippen LogP contribution >= 0.6 is 0 Å². The van der Waals surface area contributed by atoms with Crippen molar-refractivity contribution in [1.82, 2.24) is 0 Å². The molecule has 0 radical (unpaired) electrons. The molecule has 1 aromatic carbocycles. The molecule has 0 saturated heterocycles. The molecule has 2 N–H and O–H groups in total. The summed E-state index contributed by atoms with van der Waals surface area (Å²) in [5.74, 6) is -0.374. The zero-order valence-electron chi connectivity index (χ0n) is 20.0. The van der Waals surface area contributed by atoms with E-state index < -0.39 is 17.4 Å². The number of benzene rings is 1. The normalized spacial score (nSPS) is 32.7. The second-order valence-corrected chi connectivity index (χ2v) is 11.1. The SMILES string of the molecule is CCCCCC[C@H]1C[C@]2(C)C(=O)[C@H](CC(=O)O)C[C@H]2[C@@H]2CCc3cc(CC(=O)O)ccc3[C@@H]12. The van der Waals surface area contributed by atoms with Crippen LogP contribution in [0.5, 0.6) is 0 Å². The Morgan fingerprint density at radius 3 is 2.61 bits per heavy atom. The van der Waals surface area contributed by atoms with Crippen molar-refractivity contribution in [2.24, 2.45) is 29.1 Å². The molecule has 0 spiro atoms. The van der Waals surface area contributed by atoms with Gasteiger partial charge in [0.15, 0.2) is 0 Å². The summed E-state index contributed by atoms with van der Waals surface area (Å²) in [6.45, 7) is 4.34. The number of hydrogen-bond donors (Lipinski definition) is 2. The largest absolute Gasteiger partial charge is 0.481 e. The molecular weight excluding hydrogens is 416 g/mol. The first kappa shape index (κ1) is 24.0. The van der Waals surface area contributed by atoms with Crippen LogP contribution in [0.1, 0.15) is 94.2 Å². The number of Topliss-reactive ketones (excluding diaryl/α,β-unsaturated/α-hetero) is 1. The number of carboxylic acid groups (broad SMARTS) is 2. The minimum atomic E-state index is -0.872. The lowest BCUT2D eigenvalue weighted by molar-refractivity contribution is -0.142. The van der Waals surface area contributed by atoms with Gasteiger partial charge in [0.25, 0.3) is 0 Å². The van der Waals surface area contributed by atoms with Gasteiger partial charge in [0.1, 0.15) is 5.78 Å². The molecule has 3 aliphatic carbocycles. The Kier molecular flexibility index (Phi) is 6.97. The molecule has 5 nitrogen and oxygen atoms in total. The summed E-state index contributed by atoms with van der Waals surface area (Å²) in [5.41, 5.74) is 3.09. The quantitative estimate of drug-likeness (QED) is 0.471. The van der Waals surface area contributed by atoms with E-state index in [9.17, 15) is 24.6 Å². The van der Waals surface area contributed by atoms with Crippen LogP contribution in [0.3, 0.4) is 0 Å². The number of rotatable bonds is 9. The summed E-state index contributed by atoms with van der Waals surface area (Å²) in [5, 5.41) is 18.6. The first-order valence-electron chi connectivity index (χ1n) is 12.8. The van der Waals surface area contributed by atoms with Gasteiger partial charge < -0.3 is 10.2 Å². The molecule has 0 aliphatic heterocycles. The van der Waals surface area contributed by atoms with Crippen molar-refractivity contribution in [2.75, 3.05) is 0 Å². The fourth-order valence-corrected chi connectivity index (χ4v) is 7.67. The zero-order valence-corrected chi connectivity index (χ0v) is 20.0. The summed E-state index contributed by atoms with van der Waals surface area (Å²) in [6.07, 6.45) is 9.41.